The van der Waals surface area contributed by atoms with E-state index < -0.39 is 0 Å². The van der Waals surface area contributed by atoms with Gasteiger partial charge in [-0.2, -0.15) is 0 Å². The lowest BCUT2D eigenvalue weighted by atomic mass is 10.1. The molecule has 1 saturated heterocycles. The molecule has 0 radical (unpaired) electrons. The minimum atomic E-state index is -0.352. The maximum Gasteiger partial charge on any atom is 0.315 e. The quantitative estimate of drug-likeness (QED) is 0.658. The summed E-state index contributed by atoms with van der Waals surface area (Å²) in [5.74, 6) is 0.315. The lowest BCUT2D eigenvalue weighted by Gasteiger charge is -2.30. The molecule has 1 fully saturated rings. The zero-order chi connectivity index (χ0) is 21.1. The number of carbonyl (C=O) groups is 1. The molecule has 2 aromatic carbocycles. The number of furan rings is 1. The van der Waals surface area contributed by atoms with Crippen molar-refractivity contribution in [3.05, 3.63) is 65.2 Å². The lowest BCUT2D eigenvalue weighted by molar-refractivity contribution is 0.122. The minimum Gasteiger partial charge on any atom is -0.459 e. The Hall–Kier alpha value is -3.06. The van der Waals surface area contributed by atoms with Crippen LogP contribution in [-0.2, 0) is 11.3 Å². The third-order valence-corrected chi connectivity index (χ3v) is 5.46. The van der Waals surface area contributed by atoms with Gasteiger partial charge in [0, 0.05) is 36.3 Å². The summed E-state index contributed by atoms with van der Waals surface area (Å²) in [6, 6.07) is 11.9. The lowest BCUT2D eigenvalue weighted by Crippen LogP contribution is -2.39. The molecule has 2 amide bonds. The molecule has 0 aliphatic carbocycles. The van der Waals surface area contributed by atoms with E-state index in [0.29, 0.717) is 31.1 Å². The number of halogens is 1. The van der Waals surface area contributed by atoms with Crippen LogP contribution in [0.2, 0.25) is 0 Å². The van der Waals surface area contributed by atoms with Crippen LogP contribution < -0.4 is 15.5 Å². The number of para-hydroxylation sites is 1. The molecule has 1 aliphatic rings. The van der Waals surface area contributed by atoms with Crippen molar-refractivity contribution in [2.75, 3.05) is 31.2 Å². The Morgan fingerprint density at radius 2 is 1.97 bits per heavy atom. The third-order valence-electron chi connectivity index (χ3n) is 5.46. The molecule has 30 heavy (non-hydrogen) atoms. The van der Waals surface area contributed by atoms with E-state index in [-0.39, 0.29) is 17.9 Å². The van der Waals surface area contributed by atoms with Crippen molar-refractivity contribution >= 4 is 22.7 Å². The zero-order valence-electron chi connectivity index (χ0n) is 17.2. The second kappa shape index (κ2) is 8.75. The number of carbonyl (C=O) groups excluding carboxylic acids is 1. The van der Waals surface area contributed by atoms with Crippen molar-refractivity contribution in [2.24, 2.45) is 0 Å². The fourth-order valence-electron chi connectivity index (χ4n) is 3.89. The molecule has 1 aromatic heterocycles. The summed E-state index contributed by atoms with van der Waals surface area (Å²) in [6.07, 6.45) is 0. The third kappa shape index (κ3) is 4.26. The fourth-order valence-corrected chi connectivity index (χ4v) is 3.89. The number of morpholine rings is 1. The Bertz CT molecular complexity index is 1040. The summed E-state index contributed by atoms with van der Waals surface area (Å²) >= 11 is 0. The number of aryl methyl sites for hydroxylation is 1. The van der Waals surface area contributed by atoms with Crippen LogP contribution in [0.5, 0.6) is 0 Å². The summed E-state index contributed by atoms with van der Waals surface area (Å²) in [7, 11) is 0. The van der Waals surface area contributed by atoms with E-state index in [4.69, 9.17) is 9.15 Å². The van der Waals surface area contributed by atoms with Crippen molar-refractivity contribution in [3.8, 4) is 0 Å². The van der Waals surface area contributed by atoms with Gasteiger partial charge in [0.2, 0.25) is 0 Å². The van der Waals surface area contributed by atoms with Gasteiger partial charge < -0.3 is 24.7 Å². The number of hydrogen-bond acceptors (Lipinski definition) is 4. The molecule has 6 nitrogen and oxygen atoms in total. The van der Waals surface area contributed by atoms with Crippen molar-refractivity contribution in [1.29, 1.82) is 0 Å². The van der Waals surface area contributed by atoms with Gasteiger partial charge in [0.1, 0.15) is 17.2 Å². The summed E-state index contributed by atoms with van der Waals surface area (Å²) in [4.78, 5) is 14.8. The largest absolute Gasteiger partial charge is 0.459 e. The molecule has 0 saturated carbocycles. The summed E-state index contributed by atoms with van der Waals surface area (Å²) in [5, 5.41) is 6.56. The number of urea groups is 1. The summed E-state index contributed by atoms with van der Waals surface area (Å²) in [5.41, 5.74) is 3.61. The number of rotatable bonds is 5. The monoisotopic (exact) mass is 411 g/mol. The van der Waals surface area contributed by atoms with Gasteiger partial charge in [-0.1, -0.05) is 18.2 Å². The summed E-state index contributed by atoms with van der Waals surface area (Å²) in [6.45, 7) is 7.23. The maximum atomic E-state index is 13.5. The molecule has 7 heteroatoms. The van der Waals surface area contributed by atoms with Gasteiger partial charge in [0.25, 0.3) is 0 Å². The molecule has 0 spiro atoms. The highest BCUT2D eigenvalue weighted by Gasteiger charge is 2.19. The number of amides is 2. The van der Waals surface area contributed by atoms with Gasteiger partial charge in [-0.25, -0.2) is 9.18 Å². The highest BCUT2D eigenvalue weighted by Crippen LogP contribution is 2.30. The number of nitrogens with zero attached hydrogens (tertiary/aromatic N) is 1. The van der Waals surface area contributed by atoms with E-state index in [1.807, 2.05) is 32.0 Å². The van der Waals surface area contributed by atoms with E-state index >= 15 is 0 Å². The molecule has 2 heterocycles. The molecule has 1 aliphatic heterocycles. The van der Waals surface area contributed by atoms with Gasteiger partial charge in [-0.15, -0.1) is 0 Å². The van der Waals surface area contributed by atoms with Crippen molar-refractivity contribution < 1.29 is 18.3 Å². The van der Waals surface area contributed by atoms with Crippen LogP contribution in [0.4, 0.5) is 14.9 Å². The first-order valence-corrected chi connectivity index (χ1v) is 10.2. The highest BCUT2D eigenvalue weighted by molar-refractivity contribution is 5.82. The second-order valence-corrected chi connectivity index (χ2v) is 7.51. The van der Waals surface area contributed by atoms with Crippen molar-refractivity contribution in [1.82, 2.24) is 10.6 Å². The molecule has 2 N–H and O–H groups in total. The molecule has 1 atom stereocenters. The molecule has 3 aromatic rings. The van der Waals surface area contributed by atoms with E-state index in [2.05, 4.69) is 21.6 Å². The molecular weight excluding hydrogens is 385 g/mol. The van der Waals surface area contributed by atoms with E-state index in [9.17, 15) is 9.18 Å². The van der Waals surface area contributed by atoms with Crippen LogP contribution in [0.1, 0.15) is 29.9 Å². The first-order valence-electron chi connectivity index (χ1n) is 10.2. The van der Waals surface area contributed by atoms with Crippen LogP contribution >= 0.6 is 0 Å². The average Bonchev–Trinajstić information content (AvgIpc) is 3.09. The molecular formula is C23H26FN3O3. The molecule has 4 rings (SSSR count). The maximum absolute atomic E-state index is 13.5. The summed E-state index contributed by atoms with van der Waals surface area (Å²) < 4.78 is 24.8. The number of nitrogens with one attached hydrogen (secondary N) is 2. The standard InChI is InChI=1S/C23H26FN3O3/c1-15-19-13-18(24)7-8-21(19)30-22(15)16(2)26-23(28)25-14-17-5-3-4-6-20(17)27-9-11-29-12-10-27/h3-8,13,16H,9-12,14H2,1-2H3,(H2,25,26,28). The predicted octanol–water partition coefficient (Wildman–Crippen LogP) is 4.28. The number of fused-ring (bicyclic) bond motifs is 1. The highest BCUT2D eigenvalue weighted by atomic mass is 19.1. The molecule has 158 valence electrons. The van der Waals surface area contributed by atoms with Crippen LogP contribution in [0.25, 0.3) is 11.0 Å². The van der Waals surface area contributed by atoms with E-state index in [0.717, 1.165) is 35.3 Å². The van der Waals surface area contributed by atoms with Crippen LogP contribution in [0.3, 0.4) is 0 Å². The Morgan fingerprint density at radius 3 is 2.77 bits per heavy atom. The van der Waals surface area contributed by atoms with Gasteiger partial charge in [-0.3, -0.25) is 0 Å². The number of benzene rings is 2. The molecule has 0 bridgehead atoms. The van der Waals surface area contributed by atoms with Crippen LogP contribution in [0, 0.1) is 12.7 Å². The van der Waals surface area contributed by atoms with Gasteiger partial charge in [0.15, 0.2) is 0 Å². The second-order valence-electron chi connectivity index (χ2n) is 7.51. The molecule has 1 unspecified atom stereocenters. The van der Waals surface area contributed by atoms with Gasteiger partial charge in [0.05, 0.1) is 19.3 Å². The van der Waals surface area contributed by atoms with E-state index in [1.54, 1.807) is 6.07 Å². The fraction of sp³-hybridized carbons (Fsp3) is 0.348. The number of hydrogen-bond donors (Lipinski definition) is 2. The Morgan fingerprint density at radius 1 is 1.20 bits per heavy atom. The zero-order valence-corrected chi connectivity index (χ0v) is 17.2. The van der Waals surface area contributed by atoms with Gasteiger partial charge >= 0.3 is 6.03 Å². The average molecular weight is 411 g/mol. The first-order chi connectivity index (χ1) is 14.5. The number of ether oxygens (including phenoxy) is 1. The predicted molar refractivity (Wildman–Crippen MR) is 114 cm³/mol. The van der Waals surface area contributed by atoms with Crippen molar-refractivity contribution in [3.63, 3.8) is 0 Å². The minimum absolute atomic E-state index is 0.287. The van der Waals surface area contributed by atoms with Crippen LogP contribution in [0.15, 0.2) is 46.9 Å². The normalized spacial score (nSPS) is 15.2. The van der Waals surface area contributed by atoms with Gasteiger partial charge in [-0.05, 0) is 43.7 Å². The number of anilines is 1. The van der Waals surface area contributed by atoms with Crippen molar-refractivity contribution in [2.45, 2.75) is 26.4 Å². The smallest absolute Gasteiger partial charge is 0.315 e. The SMILES string of the molecule is Cc1c(C(C)NC(=O)NCc2ccccc2N2CCOCC2)oc2ccc(F)cc12. The Labute approximate surface area is 175 Å². The van der Waals surface area contributed by atoms with Crippen LogP contribution in [-0.4, -0.2) is 32.3 Å². The topological polar surface area (TPSA) is 66.7 Å². The Kier molecular flexibility index (Phi) is 5.90. The van der Waals surface area contributed by atoms with E-state index in [1.165, 1.54) is 12.1 Å². The Balaban J connectivity index is 1.40. The first kappa shape index (κ1) is 20.2.